The molecule has 0 saturated heterocycles. The molecule has 0 nitrogen and oxygen atoms in total. The Bertz CT molecular complexity index is 154. The molecule has 0 amide bonds. The lowest BCUT2D eigenvalue weighted by molar-refractivity contribution is 0.261. The summed E-state index contributed by atoms with van der Waals surface area (Å²) in [6, 6.07) is 0. The second-order valence-corrected chi connectivity index (χ2v) is 3.08. The molecule has 0 aromatic carbocycles. The van der Waals surface area contributed by atoms with E-state index in [0.717, 1.165) is 0 Å². The third-order valence-corrected chi connectivity index (χ3v) is 2.44. The van der Waals surface area contributed by atoms with Crippen LogP contribution in [0.1, 0.15) is 20.8 Å². The maximum absolute atomic E-state index is 12.9. The van der Waals surface area contributed by atoms with E-state index in [-0.39, 0.29) is 17.7 Å². The topological polar surface area (TPSA) is 0 Å². The highest BCUT2D eigenvalue weighted by molar-refractivity contribution is 5.21. The molecule has 58 valence electrons. The quantitative estimate of drug-likeness (QED) is 0.493. The van der Waals surface area contributed by atoms with Crippen LogP contribution >= 0.6 is 0 Å². The average molecular weight is 146 g/mol. The summed E-state index contributed by atoms with van der Waals surface area (Å²) < 4.78 is 25.8. The van der Waals surface area contributed by atoms with Crippen molar-refractivity contribution in [3.8, 4) is 0 Å². The van der Waals surface area contributed by atoms with E-state index in [1.165, 1.54) is 6.92 Å². The van der Waals surface area contributed by atoms with Gasteiger partial charge in [-0.25, -0.2) is 8.78 Å². The van der Waals surface area contributed by atoms with Gasteiger partial charge < -0.3 is 0 Å². The zero-order chi connectivity index (χ0) is 7.89. The first kappa shape index (κ1) is 7.70. The molecule has 0 aliphatic heterocycles. The molecule has 1 aliphatic carbocycles. The maximum Gasteiger partial charge on any atom is 0.127 e. The van der Waals surface area contributed by atoms with Gasteiger partial charge in [0.2, 0.25) is 0 Å². The van der Waals surface area contributed by atoms with Crippen LogP contribution in [0.3, 0.4) is 0 Å². The Labute approximate surface area is 59.9 Å². The highest BCUT2D eigenvalue weighted by atomic mass is 19.1. The molecule has 3 unspecified atom stereocenters. The predicted molar refractivity (Wildman–Crippen MR) is 37.0 cm³/mol. The minimum atomic E-state index is -1.06. The SMILES string of the molecule is CC1=C(F)C(C)C(C)C1F. The molecule has 0 bridgehead atoms. The summed E-state index contributed by atoms with van der Waals surface area (Å²) in [6.45, 7) is 4.99. The number of allylic oxidation sites excluding steroid dienone is 2. The van der Waals surface area contributed by atoms with Crippen molar-refractivity contribution in [2.75, 3.05) is 0 Å². The van der Waals surface area contributed by atoms with Gasteiger partial charge in [0.05, 0.1) is 0 Å². The predicted octanol–water partition coefficient (Wildman–Crippen LogP) is 2.85. The Morgan fingerprint density at radius 3 is 1.90 bits per heavy atom. The number of alkyl halides is 1. The average Bonchev–Trinajstić information content (AvgIpc) is 2.07. The summed E-state index contributed by atoms with van der Waals surface area (Å²) in [6.07, 6.45) is -1.06. The van der Waals surface area contributed by atoms with E-state index in [0.29, 0.717) is 5.57 Å². The first-order valence-electron chi connectivity index (χ1n) is 3.56. The molecule has 0 N–H and O–H groups in total. The van der Waals surface area contributed by atoms with E-state index in [4.69, 9.17) is 0 Å². The van der Waals surface area contributed by atoms with Gasteiger partial charge in [-0.1, -0.05) is 13.8 Å². The molecular weight excluding hydrogens is 134 g/mol. The molecule has 0 spiro atoms. The Hall–Kier alpha value is -0.400. The van der Waals surface area contributed by atoms with Crippen LogP contribution in [0.25, 0.3) is 0 Å². The summed E-state index contributed by atoms with van der Waals surface area (Å²) in [5.74, 6) is -0.657. The van der Waals surface area contributed by atoms with Crippen LogP contribution in [0.2, 0.25) is 0 Å². The van der Waals surface area contributed by atoms with Gasteiger partial charge in [0, 0.05) is 11.8 Å². The summed E-state index contributed by atoms with van der Waals surface area (Å²) in [4.78, 5) is 0. The standard InChI is InChI=1S/C8H12F2/c1-4-5(2)8(10)6(3)7(4)9/h4-5,7H,1-3H3. The van der Waals surface area contributed by atoms with Crippen molar-refractivity contribution in [3.63, 3.8) is 0 Å². The second kappa shape index (κ2) is 2.33. The molecular formula is C8H12F2. The van der Waals surface area contributed by atoms with Gasteiger partial charge in [0.25, 0.3) is 0 Å². The molecule has 0 aromatic rings. The largest absolute Gasteiger partial charge is 0.242 e. The lowest BCUT2D eigenvalue weighted by atomic mass is 9.98. The van der Waals surface area contributed by atoms with Crippen LogP contribution < -0.4 is 0 Å². The van der Waals surface area contributed by atoms with E-state index in [1.54, 1.807) is 13.8 Å². The third-order valence-electron chi connectivity index (χ3n) is 2.44. The van der Waals surface area contributed by atoms with Crippen LogP contribution in [-0.4, -0.2) is 6.17 Å². The molecule has 3 atom stereocenters. The number of rotatable bonds is 0. The summed E-state index contributed by atoms with van der Waals surface area (Å²) in [5.41, 5.74) is 0.292. The molecule has 0 radical (unpaired) electrons. The van der Waals surface area contributed by atoms with E-state index in [1.807, 2.05) is 0 Å². The fraction of sp³-hybridized carbons (Fsp3) is 0.750. The number of halogens is 2. The molecule has 2 heteroatoms. The van der Waals surface area contributed by atoms with Crippen LogP contribution in [0.15, 0.2) is 11.4 Å². The normalized spacial score (nSPS) is 41.1. The van der Waals surface area contributed by atoms with E-state index in [2.05, 4.69) is 0 Å². The monoisotopic (exact) mass is 146 g/mol. The Balaban J connectivity index is 2.88. The van der Waals surface area contributed by atoms with Crippen molar-refractivity contribution in [1.29, 1.82) is 0 Å². The first-order chi connectivity index (χ1) is 4.55. The smallest absolute Gasteiger partial charge is 0.127 e. The van der Waals surface area contributed by atoms with Crippen molar-refractivity contribution < 1.29 is 8.78 Å². The van der Waals surface area contributed by atoms with Gasteiger partial charge in [-0.15, -0.1) is 0 Å². The molecule has 10 heavy (non-hydrogen) atoms. The number of hydrogen-bond donors (Lipinski definition) is 0. The molecule has 0 saturated carbocycles. The molecule has 1 rings (SSSR count). The van der Waals surface area contributed by atoms with Crippen molar-refractivity contribution in [3.05, 3.63) is 11.4 Å². The minimum Gasteiger partial charge on any atom is -0.242 e. The van der Waals surface area contributed by atoms with Crippen LogP contribution in [0, 0.1) is 11.8 Å². The summed E-state index contributed by atoms with van der Waals surface area (Å²) in [5, 5.41) is 0. The van der Waals surface area contributed by atoms with Crippen LogP contribution in [-0.2, 0) is 0 Å². The van der Waals surface area contributed by atoms with Crippen molar-refractivity contribution in [2.24, 2.45) is 11.8 Å². The van der Waals surface area contributed by atoms with E-state index >= 15 is 0 Å². The van der Waals surface area contributed by atoms with Gasteiger partial charge in [0.1, 0.15) is 12.0 Å². The lowest BCUT2D eigenvalue weighted by Gasteiger charge is -2.10. The molecule has 0 fully saturated rings. The second-order valence-electron chi connectivity index (χ2n) is 3.08. The Morgan fingerprint density at radius 1 is 1.30 bits per heavy atom. The van der Waals surface area contributed by atoms with E-state index < -0.39 is 6.17 Å². The fourth-order valence-corrected chi connectivity index (χ4v) is 1.37. The third kappa shape index (κ3) is 0.862. The fourth-order valence-electron chi connectivity index (χ4n) is 1.37. The van der Waals surface area contributed by atoms with Gasteiger partial charge in [0.15, 0.2) is 0 Å². The molecule has 0 heterocycles. The highest BCUT2D eigenvalue weighted by Crippen LogP contribution is 2.38. The van der Waals surface area contributed by atoms with Crippen molar-refractivity contribution in [1.82, 2.24) is 0 Å². The van der Waals surface area contributed by atoms with E-state index in [9.17, 15) is 8.78 Å². The Kier molecular flexibility index (Phi) is 1.80. The minimum absolute atomic E-state index is 0.181. The molecule has 0 aromatic heterocycles. The zero-order valence-corrected chi connectivity index (χ0v) is 6.49. The van der Waals surface area contributed by atoms with Crippen molar-refractivity contribution >= 4 is 0 Å². The summed E-state index contributed by atoms with van der Waals surface area (Å²) >= 11 is 0. The Morgan fingerprint density at radius 2 is 1.80 bits per heavy atom. The number of hydrogen-bond acceptors (Lipinski definition) is 0. The van der Waals surface area contributed by atoms with Crippen LogP contribution in [0.4, 0.5) is 8.78 Å². The lowest BCUT2D eigenvalue weighted by Crippen LogP contribution is -2.12. The van der Waals surface area contributed by atoms with Gasteiger partial charge in [-0.05, 0) is 12.5 Å². The zero-order valence-electron chi connectivity index (χ0n) is 6.49. The summed E-state index contributed by atoms with van der Waals surface area (Å²) in [7, 11) is 0. The molecule has 1 aliphatic rings. The van der Waals surface area contributed by atoms with Gasteiger partial charge in [-0.2, -0.15) is 0 Å². The first-order valence-corrected chi connectivity index (χ1v) is 3.56. The van der Waals surface area contributed by atoms with Gasteiger partial charge in [-0.3, -0.25) is 0 Å². The van der Waals surface area contributed by atoms with Crippen molar-refractivity contribution in [2.45, 2.75) is 26.9 Å². The van der Waals surface area contributed by atoms with Crippen LogP contribution in [0.5, 0.6) is 0 Å². The van der Waals surface area contributed by atoms with Gasteiger partial charge >= 0.3 is 0 Å². The maximum atomic E-state index is 12.9. The highest BCUT2D eigenvalue weighted by Gasteiger charge is 2.35.